The summed E-state index contributed by atoms with van der Waals surface area (Å²) in [6, 6.07) is 11.8. The molecule has 1 fully saturated rings. The number of anilines is 1. The fraction of sp³-hybridized carbons (Fsp3) is 0.350. The van der Waals surface area contributed by atoms with Gasteiger partial charge >= 0.3 is 0 Å². The van der Waals surface area contributed by atoms with Crippen LogP contribution in [0.1, 0.15) is 19.3 Å². The number of carbonyl (C=O) groups is 1. The molecule has 2 aromatic rings. The number of carbonyl (C=O) groups excluding carboxylic acids is 1. The maximum Gasteiger partial charge on any atom is 0.262 e. The lowest BCUT2D eigenvalue weighted by atomic mass is 10.2. The molecular weight excluding hydrogens is 460 g/mol. The van der Waals surface area contributed by atoms with Crippen molar-refractivity contribution in [1.82, 2.24) is 4.31 Å². The van der Waals surface area contributed by atoms with Gasteiger partial charge in [0.1, 0.15) is 16.4 Å². The van der Waals surface area contributed by atoms with Gasteiger partial charge < -0.3 is 14.8 Å². The van der Waals surface area contributed by atoms with Crippen molar-refractivity contribution in [3.05, 3.63) is 46.9 Å². The molecule has 1 heterocycles. The second-order valence-corrected chi connectivity index (χ2v) is 9.36. The minimum Gasteiger partial charge on any atom is -0.495 e. The number of benzene rings is 2. The SMILES string of the molecule is COc1ccc(NC(=O)COc2ccccc2Br)cc1S(=O)(=O)N1CCCCC1. The van der Waals surface area contributed by atoms with Crippen molar-refractivity contribution in [3.8, 4) is 11.5 Å². The molecule has 2 aromatic carbocycles. The van der Waals surface area contributed by atoms with Crippen LogP contribution in [0.3, 0.4) is 0 Å². The van der Waals surface area contributed by atoms with E-state index in [0.717, 1.165) is 23.7 Å². The number of halogens is 1. The topological polar surface area (TPSA) is 84.9 Å². The zero-order valence-corrected chi connectivity index (χ0v) is 18.5. The van der Waals surface area contributed by atoms with E-state index < -0.39 is 15.9 Å². The number of methoxy groups -OCH3 is 1. The Balaban J connectivity index is 1.74. The monoisotopic (exact) mass is 482 g/mol. The molecule has 0 unspecified atom stereocenters. The Kier molecular flexibility index (Phi) is 7.15. The van der Waals surface area contributed by atoms with Gasteiger partial charge in [0.05, 0.1) is 11.6 Å². The Morgan fingerprint density at radius 3 is 2.52 bits per heavy atom. The molecule has 0 spiro atoms. The van der Waals surface area contributed by atoms with Gasteiger partial charge in [0.15, 0.2) is 6.61 Å². The second-order valence-electron chi connectivity index (χ2n) is 6.60. The van der Waals surface area contributed by atoms with Crippen LogP contribution in [0, 0.1) is 0 Å². The van der Waals surface area contributed by atoms with Crippen LogP contribution in [-0.2, 0) is 14.8 Å². The smallest absolute Gasteiger partial charge is 0.262 e. The van der Waals surface area contributed by atoms with Crippen LogP contribution >= 0.6 is 15.9 Å². The first kappa shape index (κ1) is 21.6. The predicted octanol–water partition coefficient (Wildman–Crippen LogP) is 3.65. The Hall–Kier alpha value is -2.10. The van der Waals surface area contributed by atoms with Crippen LogP contribution in [-0.4, -0.2) is 45.4 Å². The molecule has 1 amide bonds. The summed E-state index contributed by atoms with van der Waals surface area (Å²) in [5.41, 5.74) is 0.363. The van der Waals surface area contributed by atoms with E-state index in [-0.39, 0.29) is 17.3 Å². The van der Waals surface area contributed by atoms with E-state index in [4.69, 9.17) is 9.47 Å². The molecule has 0 bridgehead atoms. The van der Waals surface area contributed by atoms with Gasteiger partial charge in [0.2, 0.25) is 10.0 Å². The number of amides is 1. The molecule has 0 aromatic heterocycles. The fourth-order valence-electron chi connectivity index (χ4n) is 3.10. The van der Waals surface area contributed by atoms with Crippen LogP contribution in [0.2, 0.25) is 0 Å². The maximum atomic E-state index is 13.1. The van der Waals surface area contributed by atoms with Crippen molar-refractivity contribution < 1.29 is 22.7 Å². The van der Waals surface area contributed by atoms with E-state index in [9.17, 15) is 13.2 Å². The third kappa shape index (κ3) is 5.29. The van der Waals surface area contributed by atoms with E-state index in [1.807, 2.05) is 12.1 Å². The first-order valence-corrected chi connectivity index (χ1v) is 11.5. The van der Waals surface area contributed by atoms with Crippen LogP contribution < -0.4 is 14.8 Å². The minimum absolute atomic E-state index is 0.0476. The Morgan fingerprint density at radius 2 is 1.83 bits per heavy atom. The van der Waals surface area contributed by atoms with Gasteiger partial charge in [-0.05, 0) is 59.1 Å². The van der Waals surface area contributed by atoms with Gasteiger partial charge in [0.25, 0.3) is 5.91 Å². The number of nitrogens with zero attached hydrogens (tertiary/aromatic N) is 1. The van der Waals surface area contributed by atoms with Gasteiger partial charge in [-0.2, -0.15) is 4.31 Å². The van der Waals surface area contributed by atoms with Crippen LogP contribution in [0.4, 0.5) is 5.69 Å². The molecule has 1 aliphatic heterocycles. The van der Waals surface area contributed by atoms with Crippen molar-refractivity contribution in [1.29, 1.82) is 0 Å². The zero-order chi connectivity index (χ0) is 20.9. The van der Waals surface area contributed by atoms with Gasteiger partial charge in [-0.15, -0.1) is 0 Å². The molecule has 3 rings (SSSR count). The number of hydrogen-bond acceptors (Lipinski definition) is 5. The molecule has 29 heavy (non-hydrogen) atoms. The predicted molar refractivity (Wildman–Crippen MR) is 114 cm³/mol. The summed E-state index contributed by atoms with van der Waals surface area (Å²) in [4.78, 5) is 12.3. The highest BCUT2D eigenvalue weighted by Gasteiger charge is 2.29. The second kappa shape index (κ2) is 9.60. The Labute approximate surface area is 179 Å². The van der Waals surface area contributed by atoms with E-state index in [2.05, 4.69) is 21.2 Å². The maximum absolute atomic E-state index is 13.1. The molecule has 156 valence electrons. The summed E-state index contributed by atoms with van der Waals surface area (Å²) in [5, 5.41) is 2.68. The Morgan fingerprint density at radius 1 is 1.10 bits per heavy atom. The van der Waals surface area contributed by atoms with E-state index in [0.29, 0.717) is 24.5 Å². The lowest BCUT2D eigenvalue weighted by Gasteiger charge is -2.26. The molecule has 1 saturated heterocycles. The minimum atomic E-state index is -3.70. The van der Waals surface area contributed by atoms with E-state index >= 15 is 0 Å². The van der Waals surface area contributed by atoms with Crippen molar-refractivity contribution in [2.75, 3.05) is 32.1 Å². The largest absolute Gasteiger partial charge is 0.495 e. The lowest BCUT2D eigenvalue weighted by molar-refractivity contribution is -0.118. The lowest BCUT2D eigenvalue weighted by Crippen LogP contribution is -2.35. The van der Waals surface area contributed by atoms with Crippen LogP contribution in [0.25, 0.3) is 0 Å². The number of nitrogens with one attached hydrogen (secondary N) is 1. The quantitative estimate of drug-likeness (QED) is 0.650. The molecule has 7 nitrogen and oxygen atoms in total. The standard InChI is InChI=1S/C20H23BrN2O5S/c1-27-18-10-9-15(13-19(18)29(25,26)23-11-5-2-6-12-23)22-20(24)14-28-17-8-4-3-7-16(17)21/h3-4,7-10,13H,2,5-6,11-12,14H2,1H3,(H,22,24). The summed E-state index contributed by atoms with van der Waals surface area (Å²) < 4.78 is 39.1. The highest BCUT2D eigenvalue weighted by Crippen LogP contribution is 2.31. The molecule has 1 aliphatic rings. The van der Waals surface area contributed by atoms with Crippen molar-refractivity contribution >= 4 is 37.5 Å². The van der Waals surface area contributed by atoms with Gasteiger partial charge in [0, 0.05) is 18.8 Å². The number of piperidine rings is 1. The number of para-hydroxylation sites is 1. The molecular formula is C20H23BrN2O5S. The van der Waals surface area contributed by atoms with Crippen molar-refractivity contribution in [3.63, 3.8) is 0 Å². The molecule has 9 heteroatoms. The molecule has 0 atom stereocenters. The van der Waals surface area contributed by atoms with Crippen molar-refractivity contribution in [2.45, 2.75) is 24.2 Å². The van der Waals surface area contributed by atoms with Gasteiger partial charge in [-0.1, -0.05) is 18.6 Å². The first-order chi connectivity index (χ1) is 13.9. The summed E-state index contributed by atoms with van der Waals surface area (Å²) >= 11 is 3.36. The normalized spacial score (nSPS) is 15.0. The molecule has 1 N–H and O–H groups in total. The molecule has 0 aliphatic carbocycles. The Bertz CT molecular complexity index is 975. The highest BCUT2D eigenvalue weighted by atomic mass is 79.9. The summed E-state index contributed by atoms with van der Waals surface area (Å²) in [7, 11) is -2.28. The number of sulfonamides is 1. The third-order valence-electron chi connectivity index (χ3n) is 4.58. The average Bonchev–Trinajstić information content (AvgIpc) is 2.74. The average molecular weight is 483 g/mol. The van der Waals surface area contributed by atoms with E-state index in [1.165, 1.54) is 17.5 Å². The summed E-state index contributed by atoms with van der Waals surface area (Å²) in [6.45, 7) is 0.770. The summed E-state index contributed by atoms with van der Waals surface area (Å²) in [5.74, 6) is 0.399. The molecule has 0 saturated carbocycles. The highest BCUT2D eigenvalue weighted by molar-refractivity contribution is 9.10. The number of hydrogen-bond donors (Lipinski definition) is 1. The van der Waals surface area contributed by atoms with Crippen LogP contribution in [0.5, 0.6) is 11.5 Å². The van der Waals surface area contributed by atoms with E-state index in [1.54, 1.807) is 24.3 Å². The van der Waals surface area contributed by atoms with Gasteiger partial charge in [-0.25, -0.2) is 8.42 Å². The zero-order valence-electron chi connectivity index (χ0n) is 16.1. The third-order valence-corrected chi connectivity index (χ3v) is 7.15. The van der Waals surface area contributed by atoms with Gasteiger partial charge in [-0.3, -0.25) is 4.79 Å². The van der Waals surface area contributed by atoms with Crippen LogP contribution in [0.15, 0.2) is 51.8 Å². The molecule has 0 radical (unpaired) electrons. The van der Waals surface area contributed by atoms with Crippen molar-refractivity contribution in [2.24, 2.45) is 0 Å². The number of ether oxygens (including phenoxy) is 2. The first-order valence-electron chi connectivity index (χ1n) is 9.27. The fourth-order valence-corrected chi connectivity index (χ4v) is 5.20. The number of rotatable bonds is 7. The summed E-state index contributed by atoms with van der Waals surface area (Å²) in [6.07, 6.45) is 2.70.